The predicted molar refractivity (Wildman–Crippen MR) is 63.4 cm³/mol. The summed E-state index contributed by atoms with van der Waals surface area (Å²) in [5.41, 5.74) is 0. The number of anilines is 1. The Hall–Kier alpha value is -1.13. The third-order valence-electron chi connectivity index (χ3n) is 2.84. The van der Waals surface area contributed by atoms with Crippen molar-refractivity contribution in [3.8, 4) is 0 Å². The number of rotatable bonds is 2. The fourth-order valence-corrected chi connectivity index (χ4v) is 2.00. The van der Waals surface area contributed by atoms with Crippen LogP contribution in [0.1, 0.15) is 13.3 Å². The summed E-state index contributed by atoms with van der Waals surface area (Å²) < 4.78 is 0. The van der Waals surface area contributed by atoms with Crippen molar-refractivity contribution in [2.45, 2.75) is 19.4 Å². The van der Waals surface area contributed by atoms with Gasteiger partial charge in [-0.15, -0.1) is 0 Å². The highest BCUT2D eigenvalue weighted by molar-refractivity contribution is 6.30. The van der Waals surface area contributed by atoms with Gasteiger partial charge in [0.15, 0.2) is 0 Å². The number of nitrogens with one attached hydrogen (secondary N) is 2. The zero-order valence-corrected chi connectivity index (χ0v) is 9.79. The van der Waals surface area contributed by atoms with Gasteiger partial charge < -0.3 is 10.6 Å². The van der Waals surface area contributed by atoms with Crippen LogP contribution in [-0.2, 0) is 4.79 Å². The lowest BCUT2D eigenvalue weighted by molar-refractivity contribution is -0.120. The second-order valence-electron chi connectivity index (χ2n) is 3.99. The number of hydrogen-bond donors (Lipinski definition) is 2. The standard InChI is InChI=1S/C11H14ClN3O/c1-7-9(4-5-13-7)11(16)15-10-3-2-8(12)6-14-10/h2-3,6-7,9,13H,4-5H2,1H3,(H,14,15,16). The molecule has 86 valence electrons. The van der Waals surface area contributed by atoms with E-state index in [1.54, 1.807) is 12.1 Å². The fourth-order valence-electron chi connectivity index (χ4n) is 1.89. The normalized spacial score (nSPS) is 24.4. The van der Waals surface area contributed by atoms with Gasteiger partial charge in [0.2, 0.25) is 5.91 Å². The van der Waals surface area contributed by atoms with Crippen molar-refractivity contribution in [3.63, 3.8) is 0 Å². The van der Waals surface area contributed by atoms with Crippen LogP contribution in [0.15, 0.2) is 18.3 Å². The molecule has 4 nitrogen and oxygen atoms in total. The average molecular weight is 240 g/mol. The minimum absolute atomic E-state index is 0.0207. The molecule has 1 aromatic rings. The molecule has 1 fully saturated rings. The molecule has 2 unspecified atom stereocenters. The van der Waals surface area contributed by atoms with Crippen LogP contribution >= 0.6 is 11.6 Å². The zero-order valence-electron chi connectivity index (χ0n) is 9.03. The average Bonchev–Trinajstić information content (AvgIpc) is 2.68. The maximum absolute atomic E-state index is 11.9. The molecule has 0 bridgehead atoms. The SMILES string of the molecule is CC1NCCC1C(=O)Nc1ccc(Cl)cn1. The van der Waals surface area contributed by atoms with E-state index >= 15 is 0 Å². The van der Waals surface area contributed by atoms with Crippen LogP contribution in [0.5, 0.6) is 0 Å². The molecule has 2 heterocycles. The van der Waals surface area contributed by atoms with Crippen LogP contribution < -0.4 is 10.6 Å². The van der Waals surface area contributed by atoms with Crippen LogP contribution in [0.2, 0.25) is 5.02 Å². The number of hydrogen-bond acceptors (Lipinski definition) is 3. The van der Waals surface area contributed by atoms with E-state index in [1.807, 2.05) is 6.92 Å². The quantitative estimate of drug-likeness (QED) is 0.826. The summed E-state index contributed by atoms with van der Waals surface area (Å²) in [6.45, 7) is 2.92. The van der Waals surface area contributed by atoms with Crippen molar-refractivity contribution in [2.75, 3.05) is 11.9 Å². The number of aromatic nitrogens is 1. The molecular weight excluding hydrogens is 226 g/mol. The molecule has 1 aromatic heterocycles. The molecule has 1 amide bonds. The zero-order chi connectivity index (χ0) is 11.5. The van der Waals surface area contributed by atoms with Crippen molar-refractivity contribution in [1.82, 2.24) is 10.3 Å². The highest BCUT2D eigenvalue weighted by Crippen LogP contribution is 2.17. The molecule has 1 saturated heterocycles. The molecular formula is C11H14ClN3O. The Morgan fingerprint density at radius 1 is 1.62 bits per heavy atom. The summed E-state index contributed by atoms with van der Waals surface area (Å²) in [6, 6.07) is 3.64. The van der Waals surface area contributed by atoms with Crippen molar-refractivity contribution >= 4 is 23.3 Å². The molecule has 1 aliphatic rings. The van der Waals surface area contributed by atoms with Gasteiger partial charge in [0.05, 0.1) is 10.9 Å². The summed E-state index contributed by atoms with van der Waals surface area (Å²) in [4.78, 5) is 15.9. The summed E-state index contributed by atoms with van der Waals surface area (Å²) in [7, 11) is 0. The molecule has 0 aliphatic carbocycles. The van der Waals surface area contributed by atoms with Gasteiger partial charge in [-0.2, -0.15) is 0 Å². The Kier molecular flexibility index (Phi) is 3.41. The van der Waals surface area contributed by atoms with Gasteiger partial charge >= 0.3 is 0 Å². The van der Waals surface area contributed by atoms with Gasteiger partial charge in [-0.05, 0) is 32.0 Å². The summed E-state index contributed by atoms with van der Waals surface area (Å²) in [5.74, 6) is 0.596. The first-order valence-electron chi connectivity index (χ1n) is 5.32. The number of halogens is 1. The molecule has 16 heavy (non-hydrogen) atoms. The monoisotopic (exact) mass is 239 g/mol. The van der Waals surface area contributed by atoms with Gasteiger partial charge in [0.1, 0.15) is 5.82 Å². The number of carbonyl (C=O) groups is 1. The maximum atomic E-state index is 11.9. The molecule has 0 spiro atoms. The number of amides is 1. The van der Waals surface area contributed by atoms with Gasteiger partial charge in [-0.25, -0.2) is 4.98 Å². The Labute approximate surface area is 99.4 Å². The van der Waals surface area contributed by atoms with Crippen LogP contribution in [-0.4, -0.2) is 23.5 Å². The summed E-state index contributed by atoms with van der Waals surface area (Å²) >= 11 is 5.71. The van der Waals surface area contributed by atoms with Crippen LogP contribution in [0, 0.1) is 5.92 Å². The van der Waals surface area contributed by atoms with E-state index in [2.05, 4.69) is 15.6 Å². The minimum Gasteiger partial charge on any atom is -0.313 e. The summed E-state index contributed by atoms with van der Waals surface area (Å²) in [5, 5.41) is 6.60. The lowest BCUT2D eigenvalue weighted by Crippen LogP contribution is -2.32. The van der Waals surface area contributed by atoms with Crippen LogP contribution in [0.3, 0.4) is 0 Å². The van der Waals surface area contributed by atoms with Crippen molar-refractivity contribution in [1.29, 1.82) is 0 Å². The number of nitrogens with zero attached hydrogens (tertiary/aromatic N) is 1. The lowest BCUT2D eigenvalue weighted by Gasteiger charge is -2.14. The second-order valence-corrected chi connectivity index (χ2v) is 4.43. The molecule has 0 radical (unpaired) electrons. The Balaban J connectivity index is 1.99. The maximum Gasteiger partial charge on any atom is 0.230 e. The lowest BCUT2D eigenvalue weighted by atomic mass is 10.0. The van der Waals surface area contributed by atoms with Gasteiger partial charge in [-0.3, -0.25) is 4.79 Å². The van der Waals surface area contributed by atoms with E-state index in [9.17, 15) is 4.79 Å². The van der Waals surface area contributed by atoms with Crippen molar-refractivity contribution in [2.24, 2.45) is 5.92 Å². The highest BCUT2D eigenvalue weighted by atomic mass is 35.5. The van der Waals surface area contributed by atoms with E-state index in [0.29, 0.717) is 10.8 Å². The van der Waals surface area contributed by atoms with E-state index in [4.69, 9.17) is 11.6 Å². The Morgan fingerprint density at radius 3 is 3.00 bits per heavy atom. The van der Waals surface area contributed by atoms with Crippen molar-refractivity contribution < 1.29 is 4.79 Å². The number of pyridine rings is 1. The van der Waals surface area contributed by atoms with Gasteiger partial charge in [0, 0.05) is 12.2 Å². The van der Waals surface area contributed by atoms with E-state index in [1.165, 1.54) is 6.20 Å². The Bertz CT molecular complexity index is 379. The molecule has 1 aliphatic heterocycles. The molecule has 2 rings (SSSR count). The smallest absolute Gasteiger partial charge is 0.230 e. The highest BCUT2D eigenvalue weighted by Gasteiger charge is 2.29. The largest absolute Gasteiger partial charge is 0.313 e. The molecule has 2 N–H and O–H groups in total. The molecule has 5 heteroatoms. The third kappa shape index (κ3) is 2.51. The van der Waals surface area contributed by atoms with E-state index in [-0.39, 0.29) is 17.9 Å². The fraction of sp³-hybridized carbons (Fsp3) is 0.455. The first-order valence-corrected chi connectivity index (χ1v) is 5.70. The molecule has 0 saturated carbocycles. The van der Waals surface area contributed by atoms with Gasteiger partial charge in [0.25, 0.3) is 0 Å². The second kappa shape index (κ2) is 4.80. The number of carbonyl (C=O) groups excluding carboxylic acids is 1. The topological polar surface area (TPSA) is 54.0 Å². The Morgan fingerprint density at radius 2 is 2.44 bits per heavy atom. The summed E-state index contributed by atoms with van der Waals surface area (Å²) in [6.07, 6.45) is 2.40. The molecule has 2 atom stereocenters. The van der Waals surface area contributed by atoms with E-state index < -0.39 is 0 Å². The predicted octanol–water partition coefficient (Wildman–Crippen LogP) is 1.67. The van der Waals surface area contributed by atoms with Crippen molar-refractivity contribution in [3.05, 3.63) is 23.4 Å². The van der Waals surface area contributed by atoms with Gasteiger partial charge in [-0.1, -0.05) is 11.6 Å². The first-order chi connectivity index (χ1) is 7.66. The van der Waals surface area contributed by atoms with Crippen LogP contribution in [0.4, 0.5) is 5.82 Å². The minimum atomic E-state index is 0.0207. The first kappa shape index (κ1) is 11.4. The third-order valence-corrected chi connectivity index (χ3v) is 3.06. The van der Waals surface area contributed by atoms with E-state index in [0.717, 1.165) is 13.0 Å². The molecule has 0 aromatic carbocycles. The van der Waals surface area contributed by atoms with Crippen LogP contribution in [0.25, 0.3) is 0 Å².